The summed E-state index contributed by atoms with van der Waals surface area (Å²) in [7, 11) is 1.88. The number of likely N-dealkylation sites (tertiary alicyclic amines) is 1. The molecule has 4 nitrogen and oxygen atoms in total. The SMILES string of the molecule is CN(C[C@H]1CCCN(CCc2ccc(Cl)cc2)C1)C(=O)/C=C/c1ccco1. The molecule has 1 aromatic heterocycles. The van der Waals surface area contributed by atoms with E-state index in [1.807, 2.05) is 36.2 Å². The molecule has 2 heterocycles. The first-order valence-electron chi connectivity index (χ1n) is 9.53. The predicted octanol–water partition coefficient (Wildman–Crippen LogP) is 4.36. The molecule has 0 N–H and O–H groups in total. The van der Waals surface area contributed by atoms with Crippen molar-refractivity contribution in [3.8, 4) is 0 Å². The van der Waals surface area contributed by atoms with Crippen LogP contribution in [0, 0.1) is 5.92 Å². The fraction of sp³-hybridized carbons (Fsp3) is 0.409. The Morgan fingerprint density at radius 2 is 2.15 bits per heavy atom. The lowest BCUT2D eigenvalue weighted by Crippen LogP contribution is -2.42. The Hall–Kier alpha value is -2.04. The minimum atomic E-state index is 0.0182. The molecule has 0 bridgehead atoms. The third kappa shape index (κ3) is 6.26. The van der Waals surface area contributed by atoms with E-state index in [9.17, 15) is 4.79 Å². The fourth-order valence-electron chi connectivity index (χ4n) is 3.59. The predicted molar refractivity (Wildman–Crippen MR) is 110 cm³/mol. The monoisotopic (exact) mass is 386 g/mol. The van der Waals surface area contributed by atoms with Crippen LogP contribution in [0.3, 0.4) is 0 Å². The number of nitrogens with zero attached hydrogens (tertiary/aromatic N) is 2. The molecule has 0 aliphatic carbocycles. The molecule has 1 saturated heterocycles. The van der Waals surface area contributed by atoms with Gasteiger partial charge in [-0.05, 0) is 67.6 Å². The van der Waals surface area contributed by atoms with E-state index < -0.39 is 0 Å². The maximum Gasteiger partial charge on any atom is 0.246 e. The number of furan rings is 1. The van der Waals surface area contributed by atoms with Crippen LogP contribution in [0.5, 0.6) is 0 Å². The highest BCUT2D eigenvalue weighted by Crippen LogP contribution is 2.18. The Morgan fingerprint density at radius 3 is 2.89 bits per heavy atom. The van der Waals surface area contributed by atoms with Gasteiger partial charge in [-0.3, -0.25) is 4.79 Å². The lowest BCUT2D eigenvalue weighted by molar-refractivity contribution is -0.125. The number of rotatable bonds is 7. The molecule has 0 radical (unpaired) electrons. The van der Waals surface area contributed by atoms with Crippen molar-refractivity contribution >= 4 is 23.6 Å². The van der Waals surface area contributed by atoms with Gasteiger partial charge in [0.2, 0.25) is 5.91 Å². The zero-order chi connectivity index (χ0) is 19.1. The first-order valence-corrected chi connectivity index (χ1v) is 9.91. The number of amides is 1. The highest BCUT2D eigenvalue weighted by atomic mass is 35.5. The second kappa shape index (κ2) is 9.77. The van der Waals surface area contributed by atoms with Crippen molar-refractivity contribution in [2.45, 2.75) is 19.3 Å². The molecule has 2 aromatic rings. The first kappa shape index (κ1) is 19.7. The molecule has 1 atom stereocenters. The molecule has 0 unspecified atom stereocenters. The number of hydrogen-bond acceptors (Lipinski definition) is 3. The topological polar surface area (TPSA) is 36.7 Å². The summed E-state index contributed by atoms with van der Waals surface area (Å²) in [6.07, 6.45) is 8.31. The van der Waals surface area contributed by atoms with E-state index in [4.69, 9.17) is 16.0 Å². The van der Waals surface area contributed by atoms with Crippen LogP contribution in [-0.4, -0.2) is 48.9 Å². The third-order valence-electron chi connectivity index (χ3n) is 5.07. The van der Waals surface area contributed by atoms with E-state index in [0.29, 0.717) is 11.7 Å². The quantitative estimate of drug-likeness (QED) is 0.663. The van der Waals surface area contributed by atoms with Crippen LogP contribution in [-0.2, 0) is 11.2 Å². The van der Waals surface area contributed by atoms with Gasteiger partial charge in [0.1, 0.15) is 5.76 Å². The molecular weight excluding hydrogens is 360 g/mol. The van der Waals surface area contributed by atoms with Gasteiger partial charge in [0.05, 0.1) is 6.26 Å². The Bertz CT molecular complexity index is 740. The third-order valence-corrected chi connectivity index (χ3v) is 5.33. The van der Waals surface area contributed by atoms with E-state index >= 15 is 0 Å². The van der Waals surface area contributed by atoms with Gasteiger partial charge in [-0.2, -0.15) is 0 Å². The highest BCUT2D eigenvalue weighted by Gasteiger charge is 2.22. The van der Waals surface area contributed by atoms with E-state index in [-0.39, 0.29) is 5.91 Å². The number of likely N-dealkylation sites (N-methyl/N-ethyl adjacent to an activating group) is 1. The van der Waals surface area contributed by atoms with Gasteiger partial charge in [0.15, 0.2) is 0 Å². The second-order valence-corrected chi connectivity index (χ2v) is 7.69. The standard InChI is InChI=1S/C22H27ClN2O2/c1-24(22(26)11-10-21-5-3-15-27-21)16-19-4-2-13-25(17-19)14-12-18-6-8-20(23)9-7-18/h3,5-11,15,19H,2,4,12-14,16-17H2,1H3/b11-10+/t19-/m1/s1. The summed E-state index contributed by atoms with van der Waals surface area (Å²) < 4.78 is 5.23. The summed E-state index contributed by atoms with van der Waals surface area (Å²) in [6.45, 7) is 4.03. The summed E-state index contributed by atoms with van der Waals surface area (Å²) in [6, 6.07) is 11.8. The molecule has 27 heavy (non-hydrogen) atoms. The fourth-order valence-corrected chi connectivity index (χ4v) is 3.71. The van der Waals surface area contributed by atoms with Crippen molar-refractivity contribution in [2.75, 3.05) is 33.2 Å². The van der Waals surface area contributed by atoms with Crippen LogP contribution in [0.4, 0.5) is 0 Å². The zero-order valence-electron chi connectivity index (χ0n) is 15.8. The Kier molecular flexibility index (Phi) is 7.13. The van der Waals surface area contributed by atoms with Gasteiger partial charge in [0, 0.05) is 37.8 Å². The number of halogens is 1. The van der Waals surface area contributed by atoms with Crippen molar-refractivity contribution in [3.63, 3.8) is 0 Å². The maximum absolute atomic E-state index is 12.3. The summed E-state index contributed by atoms with van der Waals surface area (Å²) >= 11 is 5.95. The van der Waals surface area contributed by atoms with Gasteiger partial charge in [-0.25, -0.2) is 0 Å². The van der Waals surface area contributed by atoms with E-state index in [1.54, 1.807) is 18.4 Å². The Morgan fingerprint density at radius 1 is 1.33 bits per heavy atom. The largest absolute Gasteiger partial charge is 0.465 e. The van der Waals surface area contributed by atoms with Gasteiger partial charge in [-0.15, -0.1) is 0 Å². The van der Waals surface area contributed by atoms with Gasteiger partial charge >= 0.3 is 0 Å². The lowest BCUT2D eigenvalue weighted by atomic mass is 9.97. The summed E-state index contributed by atoms with van der Waals surface area (Å²) in [5.41, 5.74) is 1.32. The average Bonchev–Trinajstić information content (AvgIpc) is 3.19. The lowest BCUT2D eigenvalue weighted by Gasteiger charge is -2.34. The Labute approximate surface area is 166 Å². The average molecular weight is 387 g/mol. The minimum Gasteiger partial charge on any atom is -0.465 e. The molecule has 1 fully saturated rings. The van der Waals surface area contributed by atoms with Crippen molar-refractivity contribution in [3.05, 3.63) is 65.1 Å². The minimum absolute atomic E-state index is 0.0182. The second-order valence-electron chi connectivity index (χ2n) is 7.25. The van der Waals surface area contributed by atoms with Crippen LogP contribution < -0.4 is 0 Å². The molecule has 0 saturated carbocycles. The van der Waals surface area contributed by atoms with Crippen LogP contribution in [0.15, 0.2) is 53.2 Å². The normalized spacial score (nSPS) is 18.1. The first-order chi connectivity index (χ1) is 13.1. The summed E-state index contributed by atoms with van der Waals surface area (Å²) in [5.74, 6) is 1.24. The molecular formula is C22H27ClN2O2. The molecule has 1 aromatic carbocycles. The van der Waals surface area contributed by atoms with E-state index in [1.165, 1.54) is 18.4 Å². The van der Waals surface area contributed by atoms with Crippen molar-refractivity contribution in [1.29, 1.82) is 0 Å². The van der Waals surface area contributed by atoms with Crippen LogP contribution >= 0.6 is 11.6 Å². The Balaban J connectivity index is 1.44. The molecule has 3 rings (SSSR count). The van der Waals surface area contributed by atoms with Crippen molar-refractivity contribution < 1.29 is 9.21 Å². The van der Waals surface area contributed by atoms with Crippen molar-refractivity contribution in [1.82, 2.24) is 9.80 Å². The number of hydrogen-bond donors (Lipinski definition) is 0. The summed E-state index contributed by atoms with van der Waals surface area (Å²) in [4.78, 5) is 16.6. The van der Waals surface area contributed by atoms with Crippen LogP contribution in [0.1, 0.15) is 24.2 Å². The maximum atomic E-state index is 12.3. The zero-order valence-corrected chi connectivity index (χ0v) is 16.6. The van der Waals surface area contributed by atoms with Crippen LogP contribution in [0.2, 0.25) is 5.02 Å². The van der Waals surface area contributed by atoms with Crippen LogP contribution in [0.25, 0.3) is 6.08 Å². The van der Waals surface area contributed by atoms with Gasteiger partial charge in [-0.1, -0.05) is 23.7 Å². The highest BCUT2D eigenvalue weighted by molar-refractivity contribution is 6.30. The molecule has 5 heteroatoms. The molecule has 1 aliphatic heterocycles. The molecule has 1 amide bonds. The van der Waals surface area contributed by atoms with Gasteiger partial charge in [0.25, 0.3) is 0 Å². The smallest absolute Gasteiger partial charge is 0.246 e. The van der Waals surface area contributed by atoms with E-state index in [0.717, 1.165) is 37.6 Å². The summed E-state index contributed by atoms with van der Waals surface area (Å²) in [5, 5.41) is 0.783. The van der Waals surface area contributed by atoms with Crippen molar-refractivity contribution in [2.24, 2.45) is 5.92 Å². The number of piperidine rings is 1. The van der Waals surface area contributed by atoms with E-state index in [2.05, 4.69) is 17.0 Å². The number of carbonyl (C=O) groups excluding carboxylic acids is 1. The number of carbonyl (C=O) groups is 1. The number of benzene rings is 1. The molecule has 1 aliphatic rings. The molecule has 0 spiro atoms. The van der Waals surface area contributed by atoms with Gasteiger partial charge < -0.3 is 14.2 Å². The molecule has 144 valence electrons.